The van der Waals surface area contributed by atoms with Crippen molar-refractivity contribution in [3.63, 3.8) is 0 Å². The topological polar surface area (TPSA) is 92.5 Å². The number of carbonyl (C=O) groups excluding carboxylic acids is 3. The largest absolute Gasteiger partial charge is 0.354 e. The molecule has 7 heteroatoms. The van der Waals surface area contributed by atoms with Crippen molar-refractivity contribution in [1.82, 2.24) is 10.2 Å². The van der Waals surface area contributed by atoms with Crippen LogP contribution >= 0.6 is 12.4 Å². The standard InChI is InChI=1S/C15H21N3O3.ClH/c16-5-1-2-11(19)17-6-7-18-14(20)12-9-3-4-10(8-9)13(12)15(18)21;/h3-4,9-10,12-13H,1-2,5-8,16H2,(H,17,19);1H. The van der Waals surface area contributed by atoms with E-state index in [1.807, 2.05) is 0 Å². The average Bonchev–Trinajstić information content (AvgIpc) is 3.14. The van der Waals surface area contributed by atoms with Gasteiger partial charge in [-0.2, -0.15) is 0 Å². The first-order valence-electron chi connectivity index (χ1n) is 7.64. The van der Waals surface area contributed by atoms with Gasteiger partial charge in [0, 0.05) is 19.5 Å². The van der Waals surface area contributed by atoms with E-state index in [4.69, 9.17) is 5.73 Å². The highest BCUT2D eigenvalue weighted by molar-refractivity contribution is 6.06. The molecule has 2 bridgehead atoms. The highest BCUT2D eigenvalue weighted by Crippen LogP contribution is 2.52. The lowest BCUT2D eigenvalue weighted by Crippen LogP contribution is -2.39. The number of halogens is 1. The Kier molecular flexibility index (Phi) is 5.24. The van der Waals surface area contributed by atoms with Gasteiger partial charge in [-0.25, -0.2) is 0 Å². The van der Waals surface area contributed by atoms with Gasteiger partial charge in [0.25, 0.3) is 0 Å². The summed E-state index contributed by atoms with van der Waals surface area (Å²) >= 11 is 0. The Morgan fingerprint density at radius 1 is 1.23 bits per heavy atom. The van der Waals surface area contributed by atoms with E-state index in [1.54, 1.807) is 0 Å². The SMILES string of the molecule is Cl.NCCCC(=O)NCCN1C(=O)C2C3C=CC(C3)C2C1=O. The minimum Gasteiger partial charge on any atom is -0.354 e. The summed E-state index contributed by atoms with van der Waals surface area (Å²) in [5.74, 6) is -0.0281. The van der Waals surface area contributed by atoms with Crippen molar-refractivity contribution >= 4 is 30.1 Å². The number of allylic oxidation sites excluding steroid dienone is 2. The first-order chi connectivity index (χ1) is 10.1. The van der Waals surface area contributed by atoms with Crippen molar-refractivity contribution in [2.45, 2.75) is 19.3 Å². The van der Waals surface area contributed by atoms with Crippen molar-refractivity contribution in [3.05, 3.63) is 12.2 Å². The van der Waals surface area contributed by atoms with Crippen molar-refractivity contribution in [2.75, 3.05) is 19.6 Å². The maximum atomic E-state index is 12.4. The molecule has 22 heavy (non-hydrogen) atoms. The molecule has 1 saturated carbocycles. The van der Waals surface area contributed by atoms with Gasteiger partial charge in [0.05, 0.1) is 11.8 Å². The summed E-state index contributed by atoms with van der Waals surface area (Å²) in [6.45, 7) is 1.08. The third-order valence-corrected chi connectivity index (χ3v) is 4.83. The Morgan fingerprint density at radius 3 is 2.36 bits per heavy atom. The number of imide groups is 1. The Bertz CT molecular complexity index is 478. The Morgan fingerprint density at radius 2 is 1.82 bits per heavy atom. The van der Waals surface area contributed by atoms with E-state index < -0.39 is 0 Å². The van der Waals surface area contributed by atoms with E-state index in [2.05, 4.69) is 17.5 Å². The van der Waals surface area contributed by atoms with Gasteiger partial charge in [-0.15, -0.1) is 12.4 Å². The van der Waals surface area contributed by atoms with Crippen LogP contribution < -0.4 is 11.1 Å². The molecule has 3 amide bonds. The molecule has 0 aromatic heterocycles. The third-order valence-electron chi connectivity index (χ3n) is 4.83. The number of nitrogens with zero attached hydrogens (tertiary/aromatic N) is 1. The quantitative estimate of drug-likeness (QED) is 0.533. The van der Waals surface area contributed by atoms with Crippen LogP contribution in [0.2, 0.25) is 0 Å². The molecule has 0 spiro atoms. The Labute approximate surface area is 135 Å². The van der Waals surface area contributed by atoms with Crippen molar-refractivity contribution < 1.29 is 14.4 Å². The van der Waals surface area contributed by atoms with E-state index in [-0.39, 0.29) is 60.3 Å². The molecule has 4 atom stereocenters. The van der Waals surface area contributed by atoms with Gasteiger partial charge in [-0.1, -0.05) is 12.2 Å². The van der Waals surface area contributed by atoms with Crippen LogP contribution in [0.15, 0.2) is 12.2 Å². The van der Waals surface area contributed by atoms with Crippen LogP contribution in [0.4, 0.5) is 0 Å². The summed E-state index contributed by atoms with van der Waals surface area (Å²) in [5.41, 5.74) is 5.34. The lowest BCUT2D eigenvalue weighted by atomic mass is 9.85. The van der Waals surface area contributed by atoms with Crippen LogP contribution in [0, 0.1) is 23.7 Å². The minimum absolute atomic E-state index is 0. The molecule has 2 fully saturated rings. The third kappa shape index (κ3) is 2.77. The molecule has 1 heterocycles. The molecule has 0 radical (unpaired) electrons. The number of hydrogen-bond donors (Lipinski definition) is 2. The number of amides is 3. The second-order valence-corrected chi connectivity index (χ2v) is 6.07. The van der Waals surface area contributed by atoms with E-state index in [0.29, 0.717) is 25.9 Å². The molecule has 0 aromatic rings. The smallest absolute Gasteiger partial charge is 0.233 e. The summed E-state index contributed by atoms with van der Waals surface area (Å²) in [4.78, 5) is 37.6. The minimum atomic E-state index is -0.152. The molecule has 3 N–H and O–H groups in total. The number of rotatable bonds is 6. The molecule has 3 rings (SSSR count). The van der Waals surface area contributed by atoms with Crippen molar-refractivity contribution in [2.24, 2.45) is 29.4 Å². The van der Waals surface area contributed by atoms with Gasteiger partial charge in [0.15, 0.2) is 0 Å². The van der Waals surface area contributed by atoms with Crippen LogP contribution in [-0.4, -0.2) is 42.3 Å². The highest BCUT2D eigenvalue weighted by Gasteiger charge is 2.58. The average molecular weight is 328 g/mol. The number of nitrogens with one attached hydrogen (secondary N) is 1. The molecule has 4 unspecified atom stereocenters. The zero-order valence-corrected chi connectivity index (χ0v) is 13.2. The fourth-order valence-corrected chi connectivity index (χ4v) is 3.84. The summed E-state index contributed by atoms with van der Waals surface area (Å²) in [6.07, 6.45) is 6.13. The van der Waals surface area contributed by atoms with Crippen LogP contribution in [-0.2, 0) is 14.4 Å². The van der Waals surface area contributed by atoms with E-state index in [1.165, 1.54) is 4.90 Å². The predicted octanol–water partition coefficient (Wildman–Crippen LogP) is 0.0704. The van der Waals surface area contributed by atoms with E-state index in [0.717, 1.165) is 6.42 Å². The van der Waals surface area contributed by atoms with E-state index in [9.17, 15) is 14.4 Å². The van der Waals surface area contributed by atoms with E-state index >= 15 is 0 Å². The molecular weight excluding hydrogens is 306 g/mol. The van der Waals surface area contributed by atoms with Gasteiger partial charge in [0.2, 0.25) is 17.7 Å². The fourth-order valence-electron chi connectivity index (χ4n) is 3.84. The van der Waals surface area contributed by atoms with Gasteiger partial charge in [-0.05, 0) is 31.2 Å². The second kappa shape index (κ2) is 6.79. The molecule has 2 aliphatic carbocycles. The van der Waals surface area contributed by atoms with Crippen LogP contribution in [0.3, 0.4) is 0 Å². The van der Waals surface area contributed by atoms with Crippen molar-refractivity contribution in [1.29, 1.82) is 0 Å². The molecular formula is C15H22ClN3O3. The molecule has 1 aliphatic heterocycles. The van der Waals surface area contributed by atoms with Gasteiger partial charge in [-0.3, -0.25) is 19.3 Å². The normalized spacial score (nSPS) is 31.4. The van der Waals surface area contributed by atoms with Crippen LogP contribution in [0.25, 0.3) is 0 Å². The second-order valence-electron chi connectivity index (χ2n) is 6.07. The lowest BCUT2D eigenvalue weighted by Gasteiger charge is -2.17. The summed E-state index contributed by atoms with van der Waals surface area (Å²) in [6, 6.07) is 0. The number of carbonyl (C=O) groups is 3. The zero-order valence-electron chi connectivity index (χ0n) is 12.4. The monoisotopic (exact) mass is 327 g/mol. The summed E-state index contributed by atoms with van der Waals surface area (Å²) in [7, 11) is 0. The maximum Gasteiger partial charge on any atom is 0.233 e. The van der Waals surface area contributed by atoms with Gasteiger partial charge in [0.1, 0.15) is 0 Å². The number of hydrogen-bond acceptors (Lipinski definition) is 4. The fraction of sp³-hybridized carbons (Fsp3) is 0.667. The molecule has 3 aliphatic rings. The number of fused-ring (bicyclic) bond motifs is 5. The molecule has 122 valence electrons. The lowest BCUT2D eigenvalue weighted by molar-refractivity contribution is -0.141. The van der Waals surface area contributed by atoms with Gasteiger partial charge < -0.3 is 11.1 Å². The Hall–Kier alpha value is -1.40. The summed E-state index contributed by atoms with van der Waals surface area (Å²) in [5, 5.41) is 2.73. The van der Waals surface area contributed by atoms with Crippen molar-refractivity contribution in [3.8, 4) is 0 Å². The first-order valence-corrected chi connectivity index (χ1v) is 7.64. The maximum absolute atomic E-state index is 12.4. The molecule has 0 aromatic carbocycles. The predicted molar refractivity (Wildman–Crippen MR) is 83.0 cm³/mol. The number of likely N-dealkylation sites (tertiary alicyclic amines) is 1. The molecule has 6 nitrogen and oxygen atoms in total. The highest BCUT2D eigenvalue weighted by atomic mass is 35.5. The van der Waals surface area contributed by atoms with Gasteiger partial charge >= 0.3 is 0 Å². The Balaban J connectivity index is 0.00000176. The zero-order chi connectivity index (χ0) is 15.0. The first kappa shape index (κ1) is 17.0. The van der Waals surface area contributed by atoms with Crippen LogP contribution in [0.1, 0.15) is 19.3 Å². The molecule has 1 saturated heterocycles. The number of nitrogens with two attached hydrogens (primary N) is 1. The van der Waals surface area contributed by atoms with Crippen LogP contribution in [0.5, 0.6) is 0 Å². The summed E-state index contributed by atoms with van der Waals surface area (Å²) < 4.78 is 0.